The maximum absolute atomic E-state index is 12.2. The maximum atomic E-state index is 12.2. The monoisotopic (exact) mass is 354 g/mol. The first-order chi connectivity index (χ1) is 12.5. The van der Waals surface area contributed by atoms with Gasteiger partial charge in [-0.3, -0.25) is 9.59 Å². The van der Waals surface area contributed by atoms with E-state index in [1.807, 2.05) is 19.0 Å². The molecular formula is C21H26N2O3. The van der Waals surface area contributed by atoms with Crippen LogP contribution in [0.25, 0.3) is 0 Å². The molecule has 0 atom stereocenters. The third kappa shape index (κ3) is 5.92. The number of rotatable bonds is 9. The Morgan fingerprint density at radius 3 is 2.42 bits per heavy atom. The molecular weight excluding hydrogens is 328 g/mol. The fraction of sp³-hybridized carbons (Fsp3) is 0.333. The molecule has 5 heteroatoms. The number of Topliss-reactive ketones (excluding diaryl/α,β-unsaturated/α-hetero) is 1. The van der Waals surface area contributed by atoms with Crippen molar-refractivity contribution in [3.63, 3.8) is 0 Å². The molecule has 0 saturated heterocycles. The van der Waals surface area contributed by atoms with Crippen LogP contribution in [0.2, 0.25) is 0 Å². The summed E-state index contributed by atoms with van der Waals surface area (Å²) < 4.78 is 5.11. The van der Waals surface area contributed by atoms with Crippen LogP contribution in [0.5, 0.6) is 5.75 Å². The molecule has 0 spiro atoms. The van der Waals surface area contributed by atoms with E-state index in [9.17, 15) is 9.59 Å². The van der Waals surface area contributed by atoms with Crippen molar-refractivity contribution in [1.29, 1.82) is 0 Å². The van der Waals surface area contributed by atoms with Crippen LogP contribution in [-0.2, 0) is 11.2 Å². The average molecular weight is 354 g/mol. The van der Waals surface area contributed by atoms with E-state index in [0.717, 1.165) is 12.1 Å². The Morgan fingerprint density at radius 1 is 1.04 bits per heavy atom. The summed E-state index contributed by atoms with van der Waals surface area (Å²) in [5, 5.41) is 2.87. The van der Waals surface area contributed by atoms with Gasteiger partial charge in [0, 0.05) is 44.7 Å². The molecule has 0 aliphatic rings. The minimum absolute atomic E-state index is 0.0571. The highest BCUT2D eigenvalue weighted by Crippen LogP contribution is 2.15. The number of hydrogen-bond donors (Lipinski definition) is 1. The van der Waals surface area contributed by atoms with Gasteiger partial charge >= 0.3 is 0 Å². The summed E-state index contributed by atoms with van der Waals surface area (Å²) in [6, 6.07) is 15.2. The first-order valence-electron chi connectivity index (χ1n) is 8.70. The summed E-state index contributed by atoms with van der Waals surface area (Å²) in [4.78, 5) is 26.1. The zero-order valence-electron chi connectivity index (χ0n) is 15.6. The van der Waals surface area contributed by atoms with Crippen LogP contribution in [0.1, 0.15) is 28.8 Å². The van der Waals surface area contributed by atoms with Gasteiger partial charge in [-0.25, -0.2) is 0 Å². The number of methoxy groups -OCH3 is 1. The van der Waals surface area contributed by atoms with Crippen molar-refractivity contribution in [2.24, 2.45) is 0 Å². The maximum Gasteiger partial charge on any atom is 0.220 e. The number of carbonyl (C=O) groups excluding carboxylic acids is 2. The molecule has 5 nitrogen and oxygen atoms in total. The van der Waals surface area contributed by atoms with Crippen LogP contribution in [0, 0.1) is 0 Å². The molecule has 2 aromatic rings. The van der Waals surface area contributed by atoms with Crippen LogP contribution in [0.15, 0.2) is 48.5 Å². The van der Waals surface area contributed by atoms with Gasteiger partial charge in [0.1, 0.15) is 5.75 Å². The first-order valence-corrected chi connectivity index (χ1v) is 8.70. The number of anilines is 1. The number of ketones is 1. The van der Waals surface area contributed by atoms with Crippen LogP contribution < -0.4 is 15.0 Å². The lowest BCUT2D eigenvalue weighted by Crippen LogP contribution is -2.26. The molecule has 1 N–H and O–H groups in total. The molecule has 2 aromatic carbocycles. The molecule has 0 unspecified atom stereocenters. The minimum Gasteiger partial charge on any atom is -0.497 e. The molecule has 0 saturated carbocycles. The van der Waals surface area contributed by atoms with Crippen molar-refractivity contribution in [2.45, 2.75) is 19.3 Å². The van der Waals surface area contributed by atoms with Crippen molar-refractivity contribution >= 4 is 17.4 Å². The minimum atomic E-state index is -0.105. The Labute approximate surface area is 155 Å². The van der Waals surface area contributed by atoms with Gasteiger partial charge in [-0.05, 0) is 36.2 Å². The van der Waals surface area contributed by atoms with E-state index in [4.69, 9.17) is 4.74 Å². The number of nitrogens with zero attached hydrogens (tertiary/aromatic N) is 1. The summed E-state index contributed by atoms with van der Waals surface area (Å²) in [6.45, 7) is 0.563. The lowest BCUT2D eigenvalue weighted by atomic mass is 10.1. The predicted molar refractivity (Wildman–Crippen MR) is 104 cm³/mol. The number of amides is 1. The van der Waals surface area contributed by atoms with Crippen LogP contribution in [0.4, 0.5) is 5.69 Å². The highest BCUT2D eigenvalue weighted by Gasteiger charge is 2.10. The Hall–Kier alpha value is -2.82. The van der Waals surface area contributed by atoms with Crippen molar-refractivity contribution in [2.75, 3.05) is 32.6 Å². The topological polar surface area (TPSA) is 58.6 Å². The largest absolute Gasteiger partial charge is 0.497 e. The van der Waals surface area contributed by atoms with Gasteiger partial charge in [0.2, 0.25) is 5.91 Å². The van der Waals surface area contributed by atoms with Crippen molar-refractivity contribution in [1.82, 2.24) is 5.32 Å². The van der Waals surface area contributed by atoms with Gasteiger partial charge < -0.3 is 15.0 Å². The van der Waals surface area contributed by atoms with Gasteiger partial charge in [-0.1, -0.05) is 24.3 Å². The number of ether oxygens (including phenoxy) is 1. The smallest absolute Gasteiger partial charge is 0.220 e. The molecule has 138 valence electrons. The SMILES string of the molecule is COc1cccc(C(=O)CCC(=O)NCCc2ccc(N(C)C)cc2)c1. The van der Waals surface area contributed by atoms with Crippen LogP contribution >= 0.6 is 0 Å². The molecule has 0 radical (unpaired) electrons. The lowest BCUT2D eigenvalue weighted by Gasteiger charge is -2.12. The average Bonchev–Trinajstić information content (AvgIpc) is 2.66. The van der Waals surface area contributed by atoms with Crippen molar-refractivity contribution in [3.8, 4) is 5.75 Å². The second kappa shape index (κ2) is 9.61. The molecule has 0 fully saturated rings. The second-order valence-electron chi connectivity index (χ2n) is 6.32. The van der Waals surface area contributed by atoms with E-state index in [1.54, 1.807) is 31.4 Å². The summed E-state index contributed by atoms with van der Waals surface area (Å²) in [5.74, 6) is 0.477. The number of hydrogen-bond acceptors (Lipinski definition) is 4. The summed E-state index contributed by atoms with van der Waals surface area (Å²) >= 11 is 0. The van der Waals surface area contributed by atoms with Crippen LogP contribution in [-0.4, -0.2) is 39.4 Å². The third-order valence-corrected chi connectivity index (χ3v) is 4.16. The number of benzene rings is 2. The number of nitrogens with one attached hydrogen (secondary N) is 1. The molecule has 0 aliphatic heterocycles. The standard InChI is InChI=1S/C21H26N2O3/c1-23(2)18-9-7-16(8-10-18)13-14-22-21(25)12-11-20(24)17-5-4-6-19(15-17)26-3/h4-10,15H,11-14H2,1-3H3,(H,22,25). The Morgan fingerprint density at radius 2 is 1.77 bits per heavy atom. The molecule has 26 heavy (non-hydrogen) atoms. The van der Waals surface area contributed by atoms with E-state index in [2.05, 4.69) is 29.6 Å². The van der Waals surface area contributed by atoms with E-state index in [-0.39, 0.29) is 24.5 Å². The van der Waals surface area contributed by atoms with E-state index in [1.165, 1.54) is 5.56 Å². The lowest BCUT2D eigenvalue weighted by molar-refractivity contribution is -0.121. The Balaban J connectivity index is 1.72. The first kappa shape index (κ1) is 19.5. The third-order valence-electron chi connectivity index (χ3n) is 4.16. The molecule has 0 heterocycles. The van der Waals surface area contributed by atoms with Gasteiger partial charge in [0.25, 0.3) is 0 Å². The molecule has 2 rings (SSSR count). The van der Waals surface area contributed by atoms with Gasteiger partial charge in [-0.2, -0.15) is 0 Å². The highest BCUT2D eigenvalue weighted by atomic mass is 16.5. The fourth-order valence-corrected chi connectivity index (χ4v) is 2.56. The predicted octanol–water partition coefficient (Wildman–Crippen LogP) is 3.08. The zero-order chi connectivity index (χ0) is 18.9. The van der Waals surface area contributed by atoms with E-state index in [0.29, 0.717) is 17.9 Å². The zero-order valence-corrected chi connectivity index (χ0v) is 15.6. The van der Waals surface area contributed by atoms with Crippen molar-refractivity contribution < 1.29 is 14.3 Å². The Bertz CT molecular complexity index is 739. The van der Waals surface area contributed by atoms with E-state index >= 15 is 0 Å². The normalized spacial score (nSPS) is 10.3. The highest BCUT2D eigenvalue weighted by molar-refractivity contribution is 5.98. The molecule has 0 bridgehead atoms. The Kier molecular flexibility index (Phi) is 7.21. The molecule has 1 amide bonds. The summed E-state index contributed by atoms with van der Waals surface area (Å²) in [7, 11) is 5.56. The second-order valence-corrected chi connectivity index (χ2v) is 6.32. The van der Waals surface area contributed by atoms with Crippen molar-refractivity contribution in [3.05, 3.63) is 59.7 Å². The molecule has 0 aliphatic carbocycles. The van der Waals surface area contributed by atoms with Gasteiger partial charge in [0.15, 0.2) is 5.78 Å². The van der Waals surface area contributed by atoms with Gasteiger partial charge in [-0.15, -0.1) is 0 Å². The van der Waals surface area contributed by atoms with E-state index < -0.39 is 0 Å². The quantitative estimate of drug-likeness (QED) is 0.703. The number of carbonyl (C=O) groups is 2. The molecule has 0 aromatic heterocycles. The summed E-state index contributed by atoms with van der Waals surface area (Å²) in [5.41, 5.74) is 2.88. The van der Waals surface area contributed by atoms with Gasteiger partial charge in [0.05, 0.1) is 7.11 Å². The fourth-order valence-electron chi connectivity index (χ4n) is 2.56. The van der Waals surface area contributed by atoms with Crippen LogP contribution in [0.3, 0.4) is 0 Å². The summed E-state index contributed by atoms with van der Waals surface area (Å²) in [6.07, 6.45) is 1.15.